The molecule has 0 fully saturated rings. The van der Waals surface area contributed by atoms with Crippen molar-refractivity contribution >= 4 is 23.2 Å². The van der Waals surface area contributed by atoms with Gasteiger partial charge in [-0.05, 0) is 60.0 Å². The number of rotatable bonds is 10. The van der Waals surface area contributed by atoms with Crippen LogP contribution >= 0.6 is 11.3 Å². The summed E-state index contributed by atoms with van der Waals surface area (Å²) in [7, 11) is 0. The molecule has 0 radical (unpaired) electrons. The Labute approximate surface area is 195 Å². The summed E-state index contributed by atoms with van der Waals surface area (Å²) in [6, 6.07) is 19.8. The zero-order valence-corrected chi connectivity index (χ0v) is 20.0. The van der Waals surface area contributed by atoms with E-state index >= 15 is 0 Å². The van der Waals surface area contributed by atoms with E-state index in [1.165, 1.54) is 16.0 Å². The smallest absolute Gasteiger partial charge is 0.254 e. The van der Waals surface area contributed by atoms with Gasteiger partial charge in [-0.1, -0.05) is 56.3 Å². The van der Waals surface area contributed by atoms with E-state index in [4.69, 9.17) is 0 Å². The van der Waals surface area contributed by atoms with Crippen molar-refractivity contribution in [1.82, 2.24) is 9.80 Å². The Morgan fingerprint density at radius 1 is 0.844 bits per heavy atom. The second kappa shape index (κ2) is 11.6. The number of benzene rings is 2. The monoisotopic (exact) mass is 448 g/mol. The van der Waals surface area contributed by atoms with E-state index in [0.29, 0.717) is 25.2 Å². The number of nitrogens with zero attached hydrogens (tertiary/aromatic N) is 2. The molecule has 0 saturated carbocycles. The minimum Gasteiger partial charge on any atom is -0.332 e. The van der Waals surface area contributed by atoms with Gasteiger partial charge in [0.25, 0.3) is 5.91 Å². The fourth-order valence-corrected chi connectivity index (χ4v) is 4.55. The molecular weight excluding hydrogens is 416 g/mol. The zero-order valence-electron chi connectivity index (χ0n) is 19.2. The maximum Gasteiger partial charge on any atom is 0.254 e. The first-order chi connectivity index (χ1) is 15.5. The molecule has 0 aliphatic rings. The topological polar surface area (TPSA) is 40.6 Å². The number of hydrogen-bond acceptors (Lipinski definition) is 3. The van der Waals surface area contributed by atoms with Crippen molar-refractivity contribution < 1.29 is 9.59 Å². The van der Waals surface area contributed by atoms with Gasteiger partial charge in [-0.25, -0.2) is 0 Å². The molecule has 0 N–H and O–H groups in total. The van der Waals surface area contributed by atoms with Crippen LogP contribution in [0.3, 0.4) is 0 Å². The van der Waals surface area contributed by atoms with Gasteiger partial charge >= 0.3 is 0 Å². The molecule has 0 atom stereocenters. The Bertz CT molecular complexity index is 1010. The van der Waals surface area contributed by atoms with Gasteiger partial charge in [0.1, 0.15) is 6.54 Å². The Morgan fingerprint density at radius 2 is 1.56 bits per heavy atom. The standard InChI is InChI=1S/C27H32N2O2S/c1-4-16-28(27(31)24-13-11-22(5-2)12-14-24)20-26(30)29(18-23-9-7-6-8-10-23)19-25-21(3)15-17-32-25/h6-15,17H,4-5,16,18-20H2,1-3H3. The van der Waals surface area contributed by atoms with Gasteiger partial charge in [-0.2, -0.15) is 0 Å². The minimum absolute atomic E-state index is 0.0337. The normalized spacial score (nSPS) is 10.7. The molecule has 2 amide bonds. The van der Waals surface area contributed by atoms with Crippen LogP contribution in [0.2, 0.25) is 0 Å². The van der Waals surface area contributed by atoms with Gasteiger partial charge in [0.2, 0.25) is 5.91 Å². The van der Waals surface area contributed by atoms with Crippen molar-refractivity contribution in [3.05, 3.63) is 93.2 Å². The Morgan fingerprint density at radius 3 is 2.16 bits per heavy atom. The fraction of sp³-hybridized carbons (Fsp3) is 0.333. The van der Waals surface area contributed by atoms with Crippen LogP contribution in [0, 0.1) is 6.92 Å². The van der Waals surface area contributed by atoms with E-state index in [-0.39, 0.29) is 18.4 Å². The van der Waals surface area contributed by atoms with Crippen LogP contribution in [0.1, 0.15) is 52.2 Å². The predicted molar refractivity (Wildman–Crippen MR) is 132 cm³/mol. The van der Waals surface area contributed by atoms with Crippen LogP contribution < -0.4 is 0 Å². The molecule has 3 aromatic rings. The highest BCUT2D eigenvalue weighted by Crippen LogP contribution is 2.20. The van der Waals surface area contributed by atoms with Crippen molar-refractivity contribution in [3.63, 3.8) is 0 Å². The van der Waals surface area contributed by atoms with E-state index in [9.17, 15) is 9.59 Å². The molecule has 32 heavy (non-hydrogen) atoms. The van der Waals surface area contributed by atoms with Crippen molar-refractivity contribution in [3.8, 4) is 0 Å². The summed E-state index contributed by atoms with van der Waals surface area (Å²) in [5, 5.41) is 2.06. The molecule has 0 saturated heterocycles. The van der Waals surface area contributed by atoms with Crippen LogP contribution in [0.15, 0.2) is 66.0 Å². The number of thiophene rings is 1. The molecule has 4 nitrogen and oxygen atoms in total. The van der Waals surface area contributed by atoms with Gasteiger partial charge in [-0.3, -0.25) is 9.59 Å². The van der Waals surface area contributed by atoms with E-state index in [0.717, 1.165) is 18.4 Å². The second-order valence-corrected chi connectivity index (χ2v) is 9.04. The van der Waals surface area contributed by atoms with Gasteiger partial charge in [0.05, 0.1) is 6.54 Å². The maximum atomic E-state index is 13.4. The van der Waals surface area contributed by atoms with Gasteiger partial charge in [0.15, 0.2) is 0 Å². The highest BCUT2D eigenvalue weighted by molar-refractivity contribution is 7.10. The number of aryl methyl sites for hydroxylation is 2. The van der Waals surface area contributed by atoms with Crippen LogP contribution in [0.5, 0.6) is 0 Å². The summed E-state index contributed by atoms with van der Waals surface area (Å²) in [6.07, 6.45) is 1.73. The first-order valence-electron chi connectivity index (χ1n) is 11.2. The Kier molecular flexibility index (Phi) is 8.63. The minimum atomic E-state index is -0.0881. The summed E-state index contributed by atoms with van der Waals surface area (Å²) >= 11 is 1.67. The molecule has 0 bridgehead atoms. The number of carbonyl (C=O) groups is 2. The lowest BCUT2D eigenvalue weighted by atomic mass is 10.1. The largest absolute Gasteiger partial charge is 0.332 e. The van der Waals surface area contributed by atoms with E-state index in [1.807, 2.05) is 66.4 Å². The maximum absolute atomic E-state index is 13.4. The first kappa shape index (κ1) is 23.7. The van der Waals surface area contributed by atoms with Crippen LogP contribution in [-0.4, -0.2) is 34.7 Å². The molecule has 0 aliphatic carbocycles. The molecule has 1 aromatic heterocycles. The van der Waals surface area contributed by atoms with E-state index < -0.39 is 0 Å². The highest BCUT2D eigenvalue weighted by Gasteiger charge is 2.23. The number of carbonyl (C=O) groups excluding carboxylic acids is 2. The molecule has 3 rings (SSSR count). The van der Waals surface area contributed by atoms with Crippen molar-refractivity contribution in [2.45, 2.75) is 46.7 Å². The average Bonchev–Trinajstić information content (AvgIpc) is 3.22. The highest BCUT2D eigenvalue weighted by atomic mass is 32.1. The quantitative estimate of drug-likeness (QED) is 0.399. The van der Waals surface area contributed by atoms with Crippen molar-refractivity contribution in [2.75, 3.05) is 13.1 Å². The summed E-state index contributed by atoms with van der Waals surface area (Å²) in [6.45, 7) is 7.91. The molecule has 1 heterocycles. The lowest BCUT2D eigenvalue weighted by Crippen LogP contribution is -2.42. The van der Waals surface area contributed by atoms with Crippen molar-refractivity contribution in [2.24, 2.45) is 0 Å². The first-order valence-corrected chi connectivity index (χ1v) is 12.1. The lowest BCUT2D eigenvalue weighted by molar-refractivity contribution is -0.133. The second-order valence-electron chi connectivity index (χ2n) is 8.04. The lowest BCUT2D eigenvalue weighted by Gasteiger charge is -2.28. The molecule has 0 spiro atoms. The van der Waals surface area contributed by atoms with Gasteiger partial charge in [0, 0.05) is 23.5 Å². The number of amides is 2. The third-order valence-corrected chi connectivity index (χ3v) is 6.60. The van der Waals surface area contributed by atoms with E-state index in [1.54, 1.807) is 16.2 Å². The molecule has 2 aromatic carbocycles. The molecule has 0 aliphatic heterocycles. The SMILES string of the molecule is CCCN(CC(=O)N(Cc1ccccc1)Cc1sccc1C)C(=O)c1ccc(CC)cc1. The van der Waals surface area contributed by atoms with Gasteiger partial charge < -0.3 is 9.80 Å². The van der Waals surface area contributed by atoms with Crippen molar-refractivity contribution in [1.29, 1.82) is 0 Å². The average molecular weight is 449 g/mol. The van der Waals surface area contributed by atoms with Crippen LogP contribution in [-0.2, 0) is 24.3 Å². The van der Waals surface area contributed by atoms with Gasteiger partial charge in [-0.15, -0.1) is 11.3 Å². The summed E-state index contributed by atoms with van der Waals surface area (Å²) in [5.41, 5.74) is 4.10. The third-order valence-electron chi connectivity index (χ3n) is 5.59. The van der Waals surface area contributed by atoms with Crippen LogP contribution in [0.4, 0.5) is 0 Å². The van der Waals surface area contributed by atoms with E-state index in [2.05, 4.69) is 25.3 Å². The molecule has 168 valence electrons. The molecule has 5 heteroatoms. The van der Waals surface area contributed by atoms with Crippen LogP contribution in [0.25, 0.3) is 0 Å². The number of hydrogen-bond donors (Lipinski definition) is 0. The third kappa shape index (κ3) is 6.30. The summed E-state index contributed by atoms with van der Waals surface area (Å²) < 4.78 is 0. The summed E-state index contributed by atoms with van der Waals surface area (Å²) in [5.74, 6) is -0.122. The predicted octanol–water partition coefficient (Wildman–Crippen LogP) is 5.70. The summed E-state index contributed by atoms with van der Waals surface area (Å²) in [4.78, 5) is 31.3. The molecule has 0 unspecified atom stereocenters. The Hall–Kier alpha value is -2.92. The fourth-order valence-electron chi connectivity index (χ4n) is 3.63. The molecular formula is C27H32N2O2S. The Balaban J connectivity index is 1.78. The zero-order chi connectivity index (χ0) is 22.9.